The van der Waals surface area contributed by atoms with Crippen LogP contribution in [0.15, 0.2) is 42.5 Å². The number of rotatable bonds is 3. The minimum atomic E-state index is -0.858. The van der Waals surface area contributed by atoms with Crippen LogP contribution in [-0.2, 0) is 0 Å². The molecule has 0 aromatic heterocycles. The summed E-state index contributed by atoms with van der Waals surface area (Å²) in [5.41, 5.74) is 5.88. The molecule has 1 fully saturated rings. The molecule has 1 saturated heterocycles. The van der Waals surface area contributed by atoms with E-state index in [2.05, 4.69) is 36.9 Å². The van der Waals surface area contributed by atoms with Crippen molar-refractivity contribution in [3.8, 4) is 0 Å². The van der Waals surface area contributed by atoms with Crippen LogP contribution >= 0.6 is 0 Å². The quantitative estimate of drug-likeness (QED) is 0.911. The fraction of sp³-hybridized carbons (Fsp3) is 0.409. The van der Waals surface area contributed by atoms with Gasteiger partial charge in [-0.25, -0.2) is 4.79 Å². The van der Waals surface area contributed by atoms with Gasteiger partial charge in [-0.1, -0.05) is 42.8 Å². The molecule has 130 valence electrons. The van der Waals surface area contributed by atoms with Crippen LogP contribution < -0.4 is 0 Å². The molecule has 0 bridgehead atoms. The van der Waals surface area contributed by atoms with Gasteiger partial charge in [0, 0.05) is 18.4 Å². The Hall–Kier alpha value is -2.13. The standard InChI is InChI=1S/C22H25NO2/c1-3-23-11-10-18-20(13-23)17-9-4-14(2)12-19(17)21(18)15-5-7-16(8-6-15)22(24)25/h4-9,12,18,20-21H,3,10-11,13H2,1-2H3,(H,24,25)/t18-,20+,21+/m0/s1. The number of likely N-dealkylation sites (tertiary alicyclic amines) is 1. The lowest BCUT2D eigenvalue weighted by atomic mass is 9.78. The third kappa shape index (κ3) is 2.77. The van der Waals surface area contributed by atoms with Crippen molar-refractivity contribution in [3.63, 3.8) is 0 Å². The number of fused-ring (bicyclic) bond motifs is 3. The van der Waals surface area contributed by atoms with Crippen LogP contribution in [0, 0.1) is 12.8 Å². The minimum Gasteiger partial charge on any atom is -0.478 e. The Morgan fingerprint density at radius 1 is 1.16 bits per heavy atom. The topological polar surface area (TPSA) is 40.5 Å². The van der Waals surface area contributed by atoms with Crippen LogP contribution in [0.2, 0.25) is 0 Å². The number of carbonyl (C=O) groups is 1. The van der Waals surface area contributed by atoms with Gasteiger partial charge in [-0.05, 0) is 61.2 Å². The molecule has 0 spiro atoms. The molecule has 1 N–H and O–H groups in total. The first-order valence-electron chi connectivity index (χ1n) is 9.24. The second-order valence-corrected chi connectivity index (χ2v) is 7.49. The molecule has 1 aliphatic carbocycles. The zero-order chi connectivity index (χ0) is 17.6. The van der Waals surface area contributed by atoms with Crippen molar-refractivity contribution < 1.29 is 9.90 Å². The zero-order valence-electron chi connectivity index (χ0n) is 14.9. The van der Waals surface area contributed by atoms with Crippen molar-refractivity contribution in [3.05, 3.63) is 70.3 Å². The number of aryl methyl sites for hydroxylation is 1. The number of likely N-dealkylation sites (N-methyl/N-ethyl adjacent to an activating group) is 1. The molecule has 1 aliphatic heterocycles. The molecule has 0 radical (unpaired) electrons. The Bertz CT molecular complexity index is 796. The number of aromatic carboxylic acids is 1. The number of hydrogen-bond acceptors (Lipinski definition) is 2. The average Bonchev–Trinajstić information content (AvgIpc) is 2.94. The number of carboxylic acid groups (broad SMARTS) is 1. The van der Waals surface area contributed by atoms with Gasteiger partial charge in [-0.2, -0.15) is 0 Å². The Kier molecular flexibility index (Phi) is 4.12. The van der Waals surface area contributed by atoms with Crippen LogP contribution in [0.3, 0.4) is 0 Å². The first kappa shape index (κ1) is 16.3. The highest BCUT2D eigenvalue weighted by atomic mass is 16.4. The predicted molar refractivity (Wildman–Crippen MR) is 99.4 cm³/mol. The van der Waals surface area contributed by atoms with Crippen molar-refractivity contribution in [1.29, 1.82) is 0 Å². The smallest absolute Gasteiger partial charge is 0.335 e. The Morgan fingerprint density at radius 2 is 1.92 bits per heavy atom. The summed E-state index contributed by atoms with van der Waals surface area (Å²) in [6.07, 6.45) is 1.21. The molecule has 2 aliphatic rings. The summed E-state index contributed by atoms with van der Waals surface area (Å²) < 4.78 is 0. The molecule has 25 heavy (non-hydrogen) atoms. The minimum absolute atomic E-state index is 0.364. The lowest BCUT2D eigenvalue weighted by molar-refractivity contribution is 0.0697. The molecule has 3 atom stereocenters. The van der Waals surface area contributed by atoms with Gasteiger partial charge in [0.2, 0.25) is 0 Å². The molecular weight excluding hydrogens is 310 g/mol. The maximum atomic E-state index is 11.2. The average molecular weight is 335 g/mol. The number of carboxylic acids is 1. The molecule has 3 nitrogen and oxygen atoms in total. The van der Waals surface area contributed by atoms with Gasteiger partial charge in [-0.3, -0.25) is 0 Å². The summed E-state index contributed by atoms with van der Waals surface area (Å²) in [7, 11) is 0. The number of benzene rings is 2. The highest BCUT2D eigenvalue weighted by molar-refractivity contribution is 5.87. The molecule has 3 heteroatoms. The lowest BCUT2D eigenvalue weighted by Gasteiger charge is -2.37. The molecular formula is C22H25NO2. The van der Waals surface area contributed by atoms with E-state index < -0.39 is 5.97 Å². The highest BCUT2D eigenvalue weighted by Crippen LogP contribution is 2.53. The summed E-state index contributed by atoms with van der Waals surface area (Å²) in [4.78, 5) is 13.7. The van der Waals surface area contributed by atoms with Gasteiger partial charge in [-0.15, -0.1) is 0 Å². The largest absolute Gasteiger partial charge is 0.478 e. The third-order valence-electron chi connectivity index (χ3n) is 6.12. The van der Waals surface area contributed by atoms with E-state index in [0.29, 0.717) is 23.3 Å². The van der Waals surface area contributed by atoms with E-state index in [1.54, 1.807) is 12.1 Å². The predicted octanol–water partition coefficient (Wildman–Crippen LogP) is 4.26. The van der Waals surface area contributed by atoms with E-state index >= 15 is 0 Å². The second-order valence-electron chi connectivity index (χ2n) is 7.49. The van der Waals surface area contributed by atoms with Crippen LogP contribution in [-0.4, -0.2) is 35.6 Å². The monoisotopic (exact) mass is 335 g/mol. The fourth-order valence-corrected chi connectivity index (χ4v) is 4.84. The number of nitrogens with zero attached hydrogens (tertiary/aromatic N) is 1. The Labute approximate surface area is 149 Å². The summed E-state index contributed by atoms with van der Waals surface area (Å²) in [5, 5.41) is 9.17. The summed E-state index contributed by atoms with van der Waals surface area (Å²) in [6, 6.07) is 14.5. The van der Waals surface area contributed by atoms with Crippen LogP contribution in [0.5, 0.6) is 0 Å². The SMILES string of the molecule is CCN1CC[C@@H]2[C@@H](c3ccc(C(=O)O)cc3)c3cc(C)ccc3[C@H]2C1. The highest BCUT2D eigenvalue weighted by Gasteiger charge is 2.43. The summed E-state index contributed by atoms with van der Waals surface area (Å²) >= 11 is 0. The van der Waals surface area contributed by atoms with Crippen molar-refractivity contribution in [2.75, 3.05) is 19.6 Å². The van der Waals surface area contributed by atoms with E-state index in [-0.39, 0.29) is 0 Å². The van der Waals surface area contributed by atoms with Crippen LogP contribution in [0.25, 0.3) is 0 Å². The number of hydrogen-bond donors (Lipinski definition) is 1. The van der Waals surface area contributed by atoms with Crippen molar-refractivity contribution in [2.24, 2.45) is 5.92 Å². The maximum Gasteiger partial charge on any atom is 0.335 e. The molecule has 0 saturated carbocycles. The molecule has 1 heterocycles. The Balaban J connectivity index is 1.76. The van der Waals surface area contributed by atoms with E-state index in [1.165, 1.54) is 28.7 Å². The first-order chi connectivity index (χ1) is 12.1. The van der Waals surface area contributed by atoms with Gasteiger partial charge < -0.3 is 10.0 Å². The van der Waals surface area contributed by atoms with Crippen LogP contribution in [0.1, 0.15) is 57.8 Å². The van der Waals surface area contributed by atoms with Gasteiger partial charge >= 0.3 is 5.97 Å². The zero-order valence-corrected chi connectivity index (χ0v) is 14.9. The van der Waals surface area contributed by atoms with Crippen molar-refractivity contribution >= 4 is 5.97 Å². The molecule has 4 rings (SSSR count). The summed E-state index contributed by atoms with van der Waals surface area (Å²) in [6.45, 7) is 7.82. The van der Waals surface area contributed by atoms with Crippen LogP contribution in [0.4, 0.5) is 0 Å². The first-order valence-corrected chi connectivity index (χ1v) is 9.24. The van der Waals surface area contributed by atoms with E-state index in [4.69, 9.17) is 0 Å². The number of piperidine rings is 1. The molecule has 0 amide bonds. The third-order valence-corrected chi connectivity index (χ3v) is 6.12. The van der Waals surface area contributed by atoms with Gasteiger partial charge in [0.15, 0.2) is 0 Å². The van der Waals surface area contributed by atoms with Gasteiger partial charge in [0.1, 0.15) is 0 Å². The van der Waals surface area contributed by atoms with Crippen molar-refractivity contribution in [1.82, 2.24) is 4.90 Å². The Morgan fingerprint density at radius 3 is 2.60 bits per heavy atom. The fourth-order valence-electron chi connectivity index (χ4n) is 4.84. The lowest BCUT2D eigenvalue weighted by Crippen LogP contribution is -2.38. The molecule has 0 unspecified atom stereocenters. The normalized spacial score (nSPS) is 25.4. The van der Waals surface area contributed by atoms with E-state index in [1.807, 2.05) is 12.1 Å². The van der Waals surface area contributed by atoms with Gasteiger partial charge in [0.05, 0.1) is 5.56 Å². The van der Waals surface area contributed by atoms with E-state index in [9.17, 15) is 9.90 Å². The molecule has 2 aromatic carbocycles. The summed E-state index contributed by atoms with van der Waals surface area (Å²) in [5.74, 6) is 0.744. The van der Waals surface area contributed by atoms with Crippen molar-refractivity contribution in [2.45, 2.75) is 32.1 Å². The van der Waals surface area contributed by atoms with E-state index in [0.717, 1.165) is 19.6 Å². The molecule has 2 aromatic rings. The second kappa shape index (κ2) is 6.30. The maximum absolute atomic E-state index is 11.2. The van der Waals surface area contributed by atoms with Gasteiger partial charge in [0.25, 0.3) is 0 Å².